The van der Waals surface area contributed by atoms with Crippen LogP contribution in [0.3, 0.4) is 0 Å². The van der Waals surface area contributed by atoms with E-state index in [-0.39, 0.29) is 0 Å². The average Bonchev–Trinajstić information content (AvgIpc) is 2.73. The van der Waals surface area contributed by atoms with Crippen LogP contribution in [0, 0.1) is 12.8 Å². The topological polar surface area (TPSA) is 26.0 Å². The van der Waals surface area contributed by atoms with Gasteiger partial charge >= 0.3 is 0 Å². The first-order valence-electron chi connectivity index (χ1n) is 12.1. The number of anilines is 1. The predicted octanol–water partition coefficient (Wildman–Crippen LogP) is 8.19. The van der Waals surface area contributed by atoms with Crippen LogP contribution < -0.4 is 5.73 Å². The highest BCUT2D eigenvalue weighted by molar-refractivity contribution is 5.42. The Morgan fingerprint density at radius 1 is 0.793 bits per heavy atom. The molecule has 2 N–H and O–H groups in total. The van der Waals surface area contributed by atoms with E-state index in [1.807, 2.05) is 12.1 Å². The predicted molar refractivity (Wildman–Crippen MR) is 128 cm³/mol. The zero-order valence-electron chi connectivity index (χ0n) is 18.8. The van der Waals surface area contributed by atoms with Gasteiger partial charge in [-0.3, -0.25) is 0 Å². The Morgan fingerprint density at radius 3 is 2.14 bits per heavy atom. The number of aryl methyl sites for hydroxylation is 1. The van der Waals surface area contributed by atoms with Crippen molar-refractivity contribution in [1.82, 2.24) is 0 Å². The maximum Gasteiger partial charge on any atom is 0.0314 e. The van der Waals surface area contributed by atoms with Gasteiger partial charge in [-0.15, -0.1) is 0 Å². The standard InChI is InChI=1S/C28H41N/c1-3-4-5-6-7-8-9-23-10-15-26(16-11-23)28-19-14-25(20-22(28)2)21-24-12-17-27(29)18-13-24/h12-14,17-20,23,26H,3-11,15-16,21,29H2,1-2H3. The normalized spacial score (nSPS) is 19.4. The van der Waals surface area contributed by atoms with Crippen LogP contribution in [0.2, 0.25) is 0 Å². The molecule has 0 atom stereocenters. The lowest BCUT2D eigenvalue weighted by atomic mass is 9.76. The second-order valence-corrected chi connectivity index (χ2v) is 9.38. The van der Waals surface area contributed by atoms with Gasteiger partial charge in [0, 0.05) is 5.69 Å². The molecule has 1 nitrogen and oxygen atoms in total. The monoisotopic (exact) mass is 391 g/mol. The van der Waals surface area contributed by atoms with E-state index in [1.54, 1.807) is 5.56 Å². The van der Waals surface area contributed by atoms with Crippen LogP contribution in [0.15, 0.2) is 42.5 Å². The first kappa shape index (κ1) is 21.9. The third-order valence-electron chi connectivity index (χ3n) is 6.97. The van der Waals surface area contributed by atoms with Crippen LogP contribution in [0.1, 0.15) is 106 Å². The van der Waals surface area contributed by atoms with Crippen molar-refractivity contribution in [2.24, 2.45) is 5.92 Å². The maximum atomic E-state index is 5.81. The van der Waals surface area contributed by atoms with E-state index in [2.05, 4.69) is 44.2 Å². The zero-order chi connectivity index (χ0) is 20.5. The van der Waals surface area contributed by atoms with Crippen molar-refractivity contribution in [3.8, 4) is 0 Å². The van der Waals surface area contributed by atoms with Crippen molar-refractivity contribution < 1.29 is 0 Å². The molecule has 2 aromatic rings. The number of nitrogen functional groups attached to an aromatic ring is 1. The number of hydrogen-bond donors (Lipinski definition) is 1. The number of rotatable bonds is 10. The SMILES string of the molecule is CCCCCCCCC1CCC(c2ccc(Cc3ccc(N)cc3)cc2C)CC1. The highest BCUT2D eigenvalue weighted by Crippen LogP contribution is 2.39. The first-order chi connectivity index (χ1) is 14.2. The highest BCUT2D eigenvalue weighted by atomic mass is 14.5. The fraction of sp³-hybridized carbons (Fsp3) is 0.571. The van der Waals surface area contributed by atoms with E-state index < -0.39 is 0 Å². The van der Waals surface area contributed by atoms with Gasteiger partial charge in [-0.25, -0.2) is 0 Å². The van der Waals surface area contributed by atoms with Crippen molar-refractivity contribution in [2.75, 3.05) is 5.73 Å². The maximum absolute atomic E-state index is 5.81. The molecule has 0 bridgehead atoms. The van der Waals surface area contributed by atoms with Crippen molar-refractivity contribution in [1.29, 1.82) is 0 Å². The van der Waals surface area contributed by atoms with Gasteiger partial charge in [-0.2, -0.15) is 0 Å². The summed E-state index contributed by atoms with van der Waals surface area (Å²) >= 11 is 0. The fourth-order valence-electron chi connectivity index (χ4n) is 5.15. The van der Waals surface area contributed by atoms with Gasteiger partial charge in [0.15, 0.2) is 0 Å². The molecule has 1 aliphatic carbocycles. The zero-order valence-corrected chi connectivity index (χ0v) is 18.8. The molecule has 2 aromatic carbocycles. The minimum atomic E-state index is 0.779. The number of nitrogens with two attached hydrogens (primary N) is 1. The number of benzene rings is 2. The first-order valence-corrected chi connectivity index (χ1v) is 12.1. The Balaban J connectivity index is 1.45. The molecule has 3 rings (SSSR count). The molecule has 29 heavy (non-hydrogen) atoms. The molecular weight excluding hydrogens is 350 g/mol. The van der Waals surface area contributed by atoms with E-state index in [4.69, 9.17) is 5.73 Å². The Hall–Kier alpha value is -1.76. The van der Waals surface area contributed by atoms with E-state index in [1.165, 1.54) is 87.3 Å². The summed E-state index contributed by atoms with van der Waals surface area (Å²) in [5.74, 6) is 1.77. The summed E-state index contributed by atoms with van der Waals surface area (Å²) in [5.41, 5.74) is 12.5. The minimum Gasteiger partial charge on any atom is -0.399 e. The second kappa shape index (κ2) is 11.4. The quantitative estimate of drug-likeness (QED) is 0.320. The Kier molecular flexibility index (Phi) is 8.65. The van der Waals surface area contributed by atoms with Crippen LogP contribution in [0.25, 0.3) is 0 Å². The lowest BCUT2D eigenvalue weighted by Gasteiger charge is -2.30. The van der Waals surface area contributed by atoms with Crippen LogP contribution in [-0.4, -0.2) is 0 Å². The van der Waals surface area contributed by atoms with E-state index >= 15 is 0 Å². The Morgan fingerprint density at radius 2 is 1.45 bits per heavy atom. The van der Waals surface area contributed by atoms with E-state index in [0.717, 1.165) is 23.9 Å². The summed E-state index contributed by atoms with van der Waals surface area (Å²) in [7, 11) is 0. The number of unbranched alkanes of at least 4 members (excludes halogenated alkanes) is 5. The molecule has 0 saturated heterocycles. The van der Waals surface area contributed by atoms with Crippen molar-refractivity contribution in [3.63, 3.8) is 0 Å². The lowest BCUT2D eigenvalue weighted by Crippen LogP contribution is -2.14. The molecule has 1 saturated carbocycles. The molecule has 1 fully saturated rings. The van der Waals surface area contributed by atoms with Gasteiger partial charge in [0.2, 0.25) is 0 Å². The second-order valence-electron chi connectivity index (χ2n) is 9.38. The minimum absolute atomic E-state index is 0.779. The van der Waals surface area contributed by atoms with Crippen molar-refractivity contribution >= 4 is 5.69 Å². The molecule has 158 valence electrons. The molecule has 1 aliphatic rings. The summed E-state index contributed by atoms with van der Waals surface area (Å²) in [4.78, 5) is 0. The summed E-state index contributed by atoms with van der Waals surface area (Å²) in [5, 5.41) is 0. The van der Waals surface area contributed by atoms with Gasteiger partial charge < -0.3 is 5.73 Å². The Labute approximate surface area is 179 Å². The third-order valence-corrected chi connectivity index (χ3v) is 6.97. The Bertz CT molecular complexity index is 722. The third kappa shape index (κ3) is 6.91. The van der Waals surface area contributed by atoms with Crippen LogP contribution in [0.4, 0.5) is 5.69 Å². The highest BCUT2D eigenvalue weighted by Gasteiger charge is 2.23. The summed E-state index contributed by atoms with van der Waals surface area (Å²) in [6.45, 7) is 4.61. The molecule has 0 radical (unpaired) electrons. The molecule has 1 heteroatoms. The molecule has 0 amide bonds. The van der Waals surface area contributed by atoms with E-state index in [9.17, 15) is 0 Å². The molecular formula is C28H41N. The lowest BCUT2D eigenvalue weighted by molar-refractivity contribution is 0.301. The van der Waals surface area contributed by atoms with Crippen molar-refractivity contribution in [2.45, 2.75) is 96.8 Å². The van der Waals surface area contributed by atoms with Crippen LogP contribution in [0.5, 0.6) is 0 Å². The van der Waals surface area contributed by atoms with Crippen LogP contribution in [-0.2, 0) is 6.42 Å². The fourth-order valence-corrected chi connectivity index (χ4v) is 5.15. The van der Waals surface area contributed by atoms with Crippen LogP contribution >= 0.6 is 0 Å². The largest absolute Gasteiger partial charge is 0.399 e. The summed E-state index contributed by atoms with van der Waals surface area (Å²) < 4.78 is 0. The summed E-state index contributed by atoms with van der Waals surface area (Å²) in [6.07, 6.45) is 16.7. The van der Waals surface area contributed by atoms with Crippen molar-refractivity contribution in [3.05, 3.63) is 64.7 Å². The van der Waals surface area contributed by atoms with Gasteiger partial charge in [0.05, 0.1) is 0 Å². The number of hydrogen-bond acceptors (Lipinski definition) is 1. The smallest absolute Gasteiger partial charge is 0.0314 e. The molecule has 0 unspecified atom stereocenters. The molecule has 0 spiro atoms. The van der Waals surface area contributed by atoms with Gasteiger partial charge in [0.1, 0.15) is 0 Å². The van der Waals surface area contributed by atoms with Gasteiger partial charge in [0.25, 0.3) is 0 Å². The molecule has 0 aliphatic heterocycles. The molecule has 0 aromatic heterocycles. The van der Waals surface area contributed by atoms with Gasteiger partial charge in [-0.05, 0) is 85.3 Å². The molecule has 0 heterocycles. The van der Waals surface area contributed by atoms with E-state index in [0.29, 0.717) is 0 Å². The van der Waals surface area contributed by atoms with Gasteiger partial charge in [-0.1, -0.05) is 82.2 Å². The average molecular weight is 392 g/mol. The summed E-state index contributed by atoms with van der Waals surface area (Å²) in [6, 6.07) is 15.5.